The Morgan fingerprint density at radius 2 is 1.86 bits per heavy atom. The van der Waals surface area contributed by atoms with Crippen LogP contribution in [0, 0.1) is 24.0 Å². The van der Waals surface area contributed by atoms with E-state index in [-0.39, 0.29) is 5.88 Å². The third-order valence-corrected chi connectivity index (χ3v) is 2.70. The Kier molecular flexibility index (Phi) is 3.84. The van der Waals surface area contributed by atoms with Gasteiger partial charge in [0.2, 0.25) is 5.88 Å². The number of aryl methyl sites for hydroxylation is 2. The molecule has 1 N–H and O–H groups in total. The minimum Gasteiger partial charge on any atom is -0.477 e. The van der Waals surface area contributed by atoms with Crippen LogP contribution in [-0.2, 0) is 0 Å². The third-order valence-electron chi connectivity index (χ3n) is 2.70. The van der Waals surface area contributed by atoms with E-state index in [4.69, 9.17) is 9.84 Å². The van der Waals surface area contributed by atoms with E-state index in [1.54, 1.807) is 12.1 Å². The third kappa shape index (κ3) is 3.33. The van der Waals surface area contributed by atoms with E-state index in [2.05, 4.69) is 4.98 Å². The molecule has 1 aromatic heterocycles. The fraction of sp³-hybridized carbons (Fsp3) is 0.143. The summed E-state index contributed by atoms with van der Waals surface area (Å²) >= 11 is 0. The molecule has 0 atom stereocenters. The summed E-state index contributed by atoms with van der Waals surface area (Å²) in [6.45, 7) is 3.79. The van der Waals surface area contributed by atoms with Crippen molar-refractivity contribution in [3.05, 3.63) is 57.3 Å². The van der Waals surface area contributed by atoms with Crippen molar-refractivity contribution in [3.8, 4) is 11.6 Å². The van der Waals surface area contributed by atoms with E-state index in [1.165, 1.54) is 0 Å². The van der Waals surface area contributed by atoms with Crippen molar-refractivity contribution >= 4 is 11.7 Å². The van der Waals surface area contributed by atoms with Gasteiger partial charge < -0.3 is 9.84 Å². The summed E-state index contributed by atoms with van der Waals surface area (Å²) in [6, 6.07) is 6.52. The first-order valence-corrected chi connectivity index (χ1v) is 6.00. The van der Waals surface area contributed by atoms with Crippen molar-refractivity contribution < 1.29 is 19.6 Å². The number of nitrogens with zero attached hydrogens (tertiary/aromatic N) is 2. The Bertz CT molecular complexity index is 707. The van der Waals surface area contributed by atoms with Gasteiger partial charge >= 0.3 is 11.7 Å². The van der Waals surface area contributed by atoms with Crippen LogP contribution in [0.25, 0.3) is 0 Å². The van der Waals surface area contributed by atoms with Gasteiger partial charge in [0.1, 0.15) is 17.5 Å². The van der Waals surface area contributed by atoms with Crippen molar-refractivity contribution in [1.82, 2.24) is 4.98 Å². The quantitative estimate of drug-likeness (QED) is 0.685. The Hall–Kier alpha value is -2.96. The number of nitro groups is 1. The summed E-state index contributed by atoms with van der Waals surface area (Å²) in [5.74, 6) is -0.928. The number of hydrogen-bond acceptors (Lipinski definition) is 5. The molecular formula is C14H12N2O5. The first kappa shape index (κ1) is 14.4. The second-order valence-electron chi connectivity index (χ2n) is 4.53. The van der Waals surface area contributed by atoms with Crippen LogP contribution in [0.15, 0.2) is 30.5 Å². The fourth-order valence-electron chi connectivity index (χ4n) is 1.91. The number of carboxylic acid groups (broad SMARTS) is 1. The highest BCUT2D eigenvalue weighted by Crippen LogP contribution is 2.26. The number of benzene rings is 1. The lowest BCUT2D eigenvalue weighted by atomic mass is 10.1. The largest absolute Gasteiger partial charge is 0.477 e. The number of aromatic carboxylic acids is 1. The Morgan fingerprint density at radius 1 is 1.24 bits per heavy atom. The van der Waals surface area contributed by atoms with Crippen LogP contribution < -0.4 is 4.74 Å². The van der Waals surface area contributed by atoms with Crippen LogP contribution in [-0.4, -0.2) is 21.0 Å². The van der Waals surface area contributed by atoms with E-state index in [1.807, 2.05) is 19.9 Å². The number of hydrogen-bond donors (Lipinski definition) is 1. The molecule has 2 aromatic rings. The van der Waals surface area contributed by atoms with Gasteiger partial charge in [-0.15, -0.1) is 0 Å². The van der Waals surface area contributed by atoms with Crippen molar-refractivity contribution in [1.29, 1.82) is 0 Å². The Balaban J connectivity index is 2.39. The number of rotatable bonds is 4. The molecule has 0 aliphatic rings. The van der Waals surface area contributed by atoms with Gasteiger partial charge in [-0.3, -0.25) is 10.1 Å². The number of carbonyl (C=O) groups is 1. The highest BCUT2D eigenvalue weighted by atomic mass is 16.6. The molecule has 0 aliphatic carbocycles. The van der Waals surface area contributed by atoms with E-state index in [0.717, 1.165) is 23.4 Å². The van der Waals surface area contributed by atoms with Crippen molar-refractivity contribution in [3.63, 3.8) is 0 Å². The highest BCUT2D eigenvalue weighted by molar-refractivity contribution is 5.92. The summed E-state index contributed by atoms with van der Waals surface area (Å²) in [5.41, 5.74) is 0.917. The van der Waals surface area contributed by atoms with Crippen LogP contribution in [0.3, 0.4) is 0 Å². The number of ether oxygens (including phenoxy) is 1. The van der Waals surface area contributed by atoms with Crippen LogP contribution in [0.1, 0.15) is 21.5 Å². The molecule has 2 rings (SSSR count). The maximum absolute atomic E-state index is 11.1. The zero-order valence-electron chi connectivity index (χ0n) is 11.4. The molecule has 0 bridgehead atoms. The number of carboxylic acids is 1. The molecule has 1 aromatic carbocycles. The predicted molar refractivity (Wildman–Crippen MR) is 73.8 cm³/mol. The first-order valence-electron chi connectivity index (χ1n) is 6.00. The van der Waals surface area contributed by atoms with E-state index in [0.29, 0.717) is 5.75 Å². The molecule has 7 heteroatoms. The summed E-state index contributed by atoms with van der Waals surface area (Å²) in [7, 11) is 0. The van der Waals surface area contributed by atoms with Crippen LogP contribution in [0.4, 0.5) is 5.69 Å². The topological polar surface area (TPSA) is 103 Å². The van der Waals surface area contributed by atoms with Gasteiger partial charge in [-0.1, -0.05) is 6.07 Å². The van der Waals surface area contributed by atoms with Crippen molar-refractivity contribution in [2.45, 2.75) is 13.8 Å². The van der Waals surface area contributed by atoms with Gasteiger partial charge in [-0.2, -0.15) is 0 Å². The van der Waals surface area contributed by atoms with Crippen molar-refractivity contribution in [2.75, 3.05) is 0 Å². The molecule has 7 nitrogen and oxygen atoms in total. The van der Waals surface area contributed by atoms with Gasteiger partial charge in [0, 0.05) is 6.07 Å². The maximum atomic E-state index is 11.1. The average molecular weight is 288 g/mol. The lowest BCUT2D eigenvalue weighted by Gasteiger charge is -2.07. The van der Waals surface area contributed by atoms with E-state index >= 15 is 0 Å². The monoisotopic (exact) mass is 288 g/mol. The highest BCUT2D eigenvalue weighted by Gasteiger charge is 2.21. The SMILES string of the molecule is Cc1cc(C)cc(Oc2cc(C(=O)O)c([N+](=O)[O-])cn2)c1. The van der Waals surface area contributed by atoms with Gasteiger partial charge in [-0.25, -0.2) is 9.78 Å². The molecule has 0 spiro atoms. The molecule has 21 heavy (non-hydrogen) atoms. The molecule has 0 saturated carbocycles. The standard InChI is InChI=1S/C14H12N2O5/c1-8-3-9(2)5-10(4-8)21-13-6-11(14(17)18)12(7-15-13)16(19)20/h3-7H,1-2H3,(H,17,18). The van der Waals surface area contributed by atoms with E-state index in [9.17, 15) is 14.9 Å². The van der Waals surface area contributed by atoms with Crippen LogP contribution >= 0.6 is 0 Å². The van der Waals surface area contributed by atoms with Crippen LogP contribution in [0.2, 0.25) is 0 Å². The summed E-state index contributed by atoms with van der Waals surface area (Å²) in [5, 5.41) is 19.8. The molecule has 0 amide bonds. The lowest BCUT2D eigenvalue weighted by Crippen LogP contribution is -2.04. The van der Waals surface area contributed by atoms with Gasteiger partial charge in [-0.05, 0) is 37.1 Å². The Labute approximate surface area is 120 Å². The van der Waals surface area contributed by atoms with Gasteiger partial charge in [0.15, 0.2) is 0 Å². The minimum absolute atomic E-state index is 0.0111. The Morgan fingerprint density at radius 3 is 2.38 bits per heavy atom. The zero-order valence-corrected chi connectivity index (χ0v) is 11.4. The summed E-state index contributed by atoms with van der Waals surface area (Å²) < 4.78 is 5.47. The smallest absolute Gasteiger partial charge is 0.342 e. The van der Waals surface area contributed by atoms with Crippen molar-refractivity contribution in [2.24, 2.45) is 0 Å². The molecule has 0 unspecified atom stereocenters. The van der Waals surface area contributed by atoms with Crippen LogP contribution in [0.5, 0.6) is 11.6 Å². The predicted octanol–water partition coefficient (Wildman–Crippen LogP) is 3.10. The molecule has 1 heterocycles. The average Bonchev–Trinajstić information content (AvgIpc) is 2.36. The molecule has 108 valence electrons. The summed E-state index contributed by atoms with van der Waals surface area (Å²) in [4.78, 5) is 24.8. The minimum atomic E-state index is -1.41. The molecule has 0 fully saturated rings. The second kappa shape index (κ2) is 5.58. The van der Waals surface area contributed by atoms with Gasteiger partial charge in [0.05, 0.1) is 4.92 Å². The zero-order chi connectivity index (χ0) is 15.6. The maximum Gasteiger partial charge on any atom is 0.342 e. The second-order valence-corrected chi connectivity index (χ2v) is 4.53. The number of pyridine rings is 1. The van der Waals surface area contributed by atoms with Gasteiger partial charge in [0.25, 0.3) is 0 Å². The normalized spacial score (nSPS) is 10.2. The lowest BCUT2D eigenvalue weighted by molar-refractivity contribution is -0.385. The summed E-state index contributed by atoms with van der Waals surface area (Å²) in [6.07, 6.45) is 0.876. The molecule has 0 radical (unpaired) electrons. The fourth-order valence-corrected chi connectivity index (χ4v) is 1.91. The molecular weight excluding hydrogens is 276 g/mol. The molecule has 0 aliphatic heterocycles. The van der Waals surface area contributed by atoms with E-state index < -0.39 is 22.1 Å². The number of aromatic nitrogens is 1. The first-order chi connectivity index (χ1) is 9.86. The molecule has 0 saturated heterocycles.